The predicted octanol–water partition coefficient (Wildman–Crippen LogP) is 1.24. The Balaban J connectivity index is 2.77. The number of rotatable bonds is 6. The lowest BCUT2D eigenvalue weighted by atomic mass is 10.2. The highest BCUT2D eigenvalue weighted by Gasteiger charge is 2.18. The largest absolute Gasteiger partial charge is 0.332 e. The van der Waals surface area contributed by atoms with Gasteiger partial charge in [0.25, 0.3) is 0 Å². The summed E-state index contributed by atoms with van der Waals surface area (Å²) in [7, 11) is 0. The van der Waals surface area contributed by atoms with Crippen molar-refractivity contribution >= 4 is 17.5 Å². The standard InChI is InChI=1S/C13H16F3N3O2/c1-2-5-19(11(21)6-17)7-10(20)18-9-4-3-8(14)12(15)13(9)16/h3-4H,2,5-7,17H2,1H3,(H,18,20). The van der Waals surface area contributed by atoms with E-state index >= 15 is 0 Å². The van der Waals surface area contributed by atoms with E-state index in [1.165, 1.54) is 4.90 Å². The Kier molecular flexibility index (Phi) is 6.16. The molecule has 0 aliphatic heterocycles. The smallest absolute Gasteiger partial charge is 0.244 e. The van der Waals surface area contributed by atoms with Crippen molar-refractivity contribution < 1.29 is 22.8 Å². The predicted molar refractivity (Wildman–Crippen MR) is 70.9 cm³/mol. The Labute approximate surface area is 119 Å². The number of nitrogens with zero attached hydrogens (tertiary/aromatic N) is 1. The lowest BCUT2D eigenvalue weighted by Crippen LogP contribution is -2.41. The molecule has 0 saturated heterocycles. The van der Waals surface area contributed by atoms with E-state index in [0.29, 0.717) is 19.0 Å². The molecule has 1 aromatic carbocycles. The molecule has 0 spiro atoms. The number of hydrogen-bond donors (Lipinski definition) is 2. The third kappa shape index (κ3) is 4.45. The fourth-order valence-corrected chi connectivity index (χ4v) is 1.68. The molecule has 0 radical (unpaired) electrons. The molecule has 0 saturated carbocycles. The van der Waals surface area contributed by atoms with Gasteiger partial charge in [0.1, 0.15) is 0 Å². The van der Waals surface area contributed by atoms with Crippen LogP contribution >= 0.6 is 0 Å². The summed E-state index contributed by atoms with van der Waals surface area (Å²) >= 11 is 0. The van der Waals surface area contributed by atoms with Crippen molar-refractivity contribution in [3.63, 3.8) is 0 Å². The van der Waals surface area contributed by atoms with E-state index in [9.17, 15) is 22.8 Å². The molecule has 5 nitrogen and oxygen atoms in total. The van der Waals surface area contributed by atoms with Crippen molar-refractivity contribution in [3.8, 4) is 0 Å². The summed E-state index contributed by atoms with van der Waals surface area (Å²) < 4.78 is 39.2. The van der Waals surface area contributed by atoms with Gasteiger partial charge < -0.3 is 16.0 Å². The van der Waals surface area contributed by atoms with Gasteiger partial charge in [0.15, 0.2) is 17.5 Å². The van der Waals surface area contributed by atoms with E-state index in [1.54, 1.807) is 0 Å². The lowest BCUT2D eigenvalue weighted by Gasteiger charge is -2.20. The molecule has 0 bridgehead atoms. The summed E-state index contributed by atoms with van der Waals surface area (Å²) in [5.41, 5.74) is 4.73. The molecule has 0 atom stereocenters. The summed E-state index contributed by atoms with van der Waals surface area (Å²) in [4.78, 5) is 24.4. The lowest BCUT2D eigenvalue weighted by molar-refractivity contribution is -0.133. The summed E-state index contributed by atoms with van der Waals surface area (Å²) in [6, 6.07) is 1.60. The van der Waals surface area contributed by atoms with E-state index < -0.39 is 35.0 Å². The highest BCUT2D eigenvalue weighted by molar-refractivity contribution is 5.94. The minimum atomic E-state index is -1.67. The molecular weight excluding hydrogens is 287 g/mol. The van der Waals surface area contributed by atoms with Crippen LogP contribution in [-0.2, 0) is 9.59 Å². The van der Waals surface area contributed by atoms with Gasteiger partial charge in [0, 0.05) is 6.54 Å². The van der Waals surface area contributed by atoms with Gasteiger partial charge in [-0.2, -0.15) is 0 Å². The molecule has 0 unspecified atom stereocenters. The van der Waals surface area contributed by atoms with Crippen LogP contribution in [0.3, 0.4) is 0 Å². The summed E-state index contributed by atoms with van der Waals surface area (Å²) in [5.74, 6) is -5.67. The number of hydrogen-bond acceptors (Lipinski definition) is 3. The van der Waals surface area contributed by atoms with E-state index in [0.717, 1.165) is 6.07 Å². The van der Waals surface area contributed by atoms with E-state index in [-0.39, 0.29) is 13.1 Å². The number of nitrogens with one attached hydrogen (secondary N) is 1. The molecule has 2 amide bonds. The Morgan fingerprint density at radius 1 is 1.24 bits per heavy atom. The molecule has 3 N–H and O–H groups in total. The Morgan fingerprint density at radius 3 is 2.48 bits per heavy atom. The molecule has 0 heterocycles. The summed E-state index contributed by atoms with van der Waals surface area (Å²) in [5, 5.41) is 2.09. The van der Waals surface area contributed by atoms with Crippen LogP contribution in [0, 0.1) is 17.5 Å². The average molecular weight is 303 g/mol. The van der Waals surface area contributed by atoms with E-state index in [1.807, 2.05) is 6.92 Å². The van der Waals surface area contributed by atoms with Gasteiger partial charge in [-0.1, -0.05) is 6.92 Å². The normalized spacial score (nSPS) is 10.3. The first-order valence-electron chi connectivity index (χ1n) is 6.31. The number of nitrogens with two attached hydrogens (primary N) is 1. The molecule has 1 aromatic rings. The molecule has 8 heteroatoms. The Bertz CT molecular complexity index is 538. The van der Waals surface area contributed by atoms with E-state index in [2.05, 4.69) is 5.32 Å². The monoisotopic (exact) mass is 303 g/mol. The number of carbonyl (C=O) groups excluding carboxylic acids is 2. The van der Waals surface area contributed by atoms with Crippen LogP contribution in [0.2, 0.25) is 0 Å². The minimum absolute atomic E-state index is 0.257. The topological polar surface area (TPSA) is 75.4 Å². The first-order chi connectivity index (χ1) is 9.90. The van der Waals surface area contributed by atoms with Crippen molar-refractivity contribution in [2.75, 3.05) is 25.0 Å². The van der Waals surface area contributed by atoms with Crippen LogP contribution in [0.4, 0.5) is 18.9 Å². The highest BCUT2D eigenvalue weighted by atomic mass is 19.2. The number of anilines is 1. The summed E-state index contributed by atoms with van der Waals surface area (Å²) in [6.45, 7) is 1.52. The minimum Gasteiger partial charge on any atom is -0.332 e. The second-order valence-electron chi connectivity index (χ2n) is 4.29. The first-order valence-corrected chi connectivity index (χ1v) is 6.31. The van der Waals surface area contributed by atoms with Crippen molar-refractivity contribution in [3.05, 3.63) is 29.6 Å². The maximum atomic E-state index is 13.4. The Hall–Kier alpha value is -2.09. The number of halogens is 3. The van der Waals surface area contributed by atoms with Gasteiger partial charge in [0.2, 0.25) is 11.8 Å². The maximum Gasteiger partial charge on any atom is 0.244 e. The Morgan fingerprint density at radius 2 is 1.90 bits per heavy atom. The molecule has 0 fully saturated rings. The molecule has 0 aromatic heterocycles. The van der Waals surface area contributed by atoms with Gasteiger partial charge in [-0.05, 0) is 18.6 Å². The zero-order valence-corrected chi connectivity index (χ0v) is 11.5. The summed E-state index contributed by atoms with van der Waals surface area (Å²) in [6.07, 6.45) is 0.610. The van der Waals surface area contributed by atoms with Gasteiger partial charge >= 0.3 is 0 Å². The molecule has 116 valence electrons. The molecular formula is C13H16F3N3O2. The zero-order chi connectivity index (χ0) is 16.0. The number of benzene rings is 1. The SMILES string of the molecule is CCCN(CC(=O)Nc1ccc(F)c(F)c1F)C(=O)CN. The quantitative estimate of drug-likeness (QED) is 0.776. The van der Waals surface area contributed by atoms with Crippen LogP contribution in [0.15, 0.2) is 12.1 Å². The van der Waals surface area contributed by atoms with Crippen LogP contribution in [0.1, 0.15) is 13.3 Å². The first kappa shape index (κ1) is 17.0. The number of carbonyl (C=O) groups is 2. The van der Waals surface area contributed by atoms with Gasteiger partial charge in [-0.25, -0.2) is 13.2 Å². The van der Waals surface area contributed by atoms with Crippen LogP contribution in [-0.4, -0.2) is 36.3 Å². The fourth-order valence-electron chi connectivity index (χ4n) is 1.68. The van der Waals surface area contributed by atoms with Crippen LogP contribution in [0.5, 0.6) is 0 Å². The fraction of sp³-hybridized carbons (Fsp3) is 0.385. The van der Waals surface area contributed by atoms with Crippen molar-refractivity contribution in [2.24, 2.45) is 5.73 Å². The molecule has 0 aliphatic rings. The molecule has 21 heavy (non-hydrogen) atoms. The second kappa shape index (κ2) is 7.63. The van der Waals surface area contributed by atoms with Gasteiger partial charge in [0.05, 0.1) is 18.8 Å². The van der Waals surface area contributed by atoms with Gasteiger partial charge in [-0.15, -0.1) is 0 Å². The van der Waals surface area contributed by atoms with E-state index in [4.69, 9.17) is 5.73 Å². The highest BCUT2D eigenvalue weighted by Crippen LogP contribution is 2.19. The second-order valence-corrected chi connectivity index (χ2v) is 4.29. The van der Waals surface area contributed by atoms with Crippen LogP contribution in [0.25, 0.3) is 0 Å². The third-order valence-corrected chi connectivity index (χ3v) is 2.66. The van der Waals surface area contributed by atoms with Crippen molar-refractivity contribution in [2.45, 2.75) is 13.3 Å². The third-order valence-electron chi connectivity index (χ3n) is 2.66. The molecule has 1 rings (SSSR count). The van der Waals surface area contributed by atoms with Crippen molar-refractivity contribution in [1.29, 1.82) is 0 Å². The molecule has 0 aliphatic carbocycles. The number of amides is 2. The zero-order valence-electron chi connectivity index (χ0n) is 11.5. The maximum absolute atomic E-state index is 13.4. The van der Waals surface area contributed by atoms with Crippen LogP contribution < -0.4 is 11.1 Å². The average Bonchev–Trinajstić information content (AvgIpc) is 2.46. The van der Waals surface area contributed by atoms with Gasteiger partial charge in [-0.3, -0.25) is 9.59 Å². The van der Waals surface area contributed by atoms with Crippen molar-refractivity contribution in [1.82, 2.24) is 4.90 Å².